The number of hydrogen-bond donors (Lipinski definition) is 2. The maximum absolute atomic E-state index is 11.3. The van der Waals surface area contributed by atoms with E-state index in [9.17, 15) is 4.79 Å². The van der Waals surface area contributed by atoms with Crippen LogP contribution in [0.2, 0.25) is 0 Å². The second-order valence-corrected chi connectivity index (χ2v) is 4.17. The van der Waals surface area contributed by atoms with Gasteiger partial charge in [0.25, 0.3) is 0 Å². The molecule has 0 radical (unpaired) electrons. The molecular formula is C11H14N2O2S. The third-order valence-electron chi connectivity index (χ3n) is 1.92. The summed E-state index contributed by atoms with van der Waals surface area (Å²) < 4.78 is 0. The lowest BCUT2D eigenvalue weighted by molar-refractivity contribution is 0.209. The number of carbonyl (C=O) groups is 1. The highest BCUT2D eigenvalue weighted by Gasteiger charge is 2.07. The van der Waals surface area contributed by atoms with Crippen LogP contribution in [0.25, 0.3) is 0 Å². The molecule has 0 aromatic carbocycles. The summed E-state index contributed by atoms with van der Waals surface area (Å²) in [5.41, 5.74) is 0.874. The van der Waals surface area contributed by atoms with Gasteiger partial charge < -0.3 is 15.3 Å². The van der Waals surface area contributed by atoms with Crippen molar-refractivity contribution in [3.05, 3.63) is 21.9 Å². The van der Waals surface area contributed by atoms with Crippen LogP contribution in [0.3, 0.4) is 0 Å². The molecule has 0 saturated carbocycles. The summed E-state index contributed by atoms with van der Waals surface area (Å²) in [6.45, 7) is 0.425. The van der Waals surface area contributed by atoms with Crippen molar-refractivity contribution < 1.29 is 9.90 Å². The van der Waals surface area contributed by atoms with Gasteiger partial charge in [-0.05, 0) is 6.07 Å². The number of rotatable bonds is 2. The molecule has 0 atom stereocenters. The summed E-state index contributed by atoms with van der Waals surface area (Å²) in [4.78, 5) is 13.9. The minimum atomic E-state index is -0.136. The fourth-order valence-corrected chi connectivity index (χ4v) is 2.04. The van der Waals surface area contributed by atoms with Crippen molar-refractivity contribution in [2.45, 2.75) is 6.54 Å². The van der Waals surface area contributed by atoms with Crippen LogP contribution in [-0.4, -0.2) is 36.7 Å². The number of thiophene rings is 1. The molecule has 0 aliphatic heterocycles. The molecule has 0 unspecified atom stereocenters. The first-order valence-electron chi connectivity index (χ1n) is 4.77. The molecule has 0 saturated heterocycles. The average molecular weight is 238 g/mol. The molecule has 16 heavy (non-hydrogen) atoms. The molecule has 1 heterocycles. The summed E-state index contributed by atoms with van der Waals surface area (Å²) in [7, 11) is 3.34. The van der Waals surface area contributed by atoms with Gasteiger partial charge >= 0.3 is 6.03 Å². The second kappa shape index (κ2) is 6.16. The molecular weight excluding hydrogens is 224 g/mol. The molecule has 2 amide bonds. The summed E-state index contributed by atoms with van der Waals surface area (Å²) in [5, 5.41) is 13.0. The van der Waals surface area contributed by atoms with E-state index in [0.29, 0.717) is 6.54 Å². The topological polar surface area (TPSA) is 52.6 Å². The third kappa shape index (κ3) is 3.57. The fraction of sp³-hybridized carbons (Fsp3) is 0.364. The molecule has 0 spiro atoms. The van der Waals surface area contributed by atoms with Crippen LogP contribution < -0.4 is 5.32 Å². The van der Waals surface area contributed by atoms with E-state index in [0.717, 1.165) is 10.4 Å². The Labute approximate surface area is 98.9 Å². The maximum atomic E-state index is 11.3. The number of amides is 2. The quantitative estimate of drug-likeness (QED) is 0.751. The SMILES string of the molecule is CNC(=O)N(C)Cc1cc(C#CCO)cs1. The molecule has 86 valence electrons. The van der Waals surface area contributed by atoms with Crippen molar-refractivity contribution in [3.63, 3.8) is 0 Å². The fourth-order valence-electron chi connectivity index (χ4n) is 1.17. The number of aliphatic hydroxyl groups is 1. The van der Waals surface area contributed by atoms with E-state index in [2.05, 4.69) is 17.2 Å². The van der Waals surface area contributed by atoms with Gasteiger partial charge in [-0.2, -0.15) is 0 Å². The van der Waals surface area contributed by atoms with Gasteiger partial charge in [0.1, 0.15) is 6.61 Å². The van der Waals surface area contributed by atoms with E-state index in [-0.39, 0.29) is 12.6 Å². The number of aliphatic hydroxyl groups excluding tert-OH is 1. The van der Waals surface area contributed by atoms with E-state index in [1.54, 1.807) is 30.3 Å². The molecule has 1 aromatic heterocycles. The summed E-state index contributed by atoms with van der Waals surface area (Å²) in [6, 6.07) is 1.81. The summed E-state index contributed by atoms with van der Waals surface area (Å²) >= 11 is 1.55. The highest BCUT2D eigenvalue weighted by atomic mass is 32.1. The summed E-state index contributed by atoms with van der Waals surface area (Å²) in [6.07, 6.45) is 0. The number of nitrogens with zero attached hydrogens (tertiary/aromatic N) is 1. The van der Waals surface area contributed by atoms with Gasteiger partial charge in [0, 0.05) is 29.9 Å². The Morgan fingerprint density at radius 3 is 3.06 bits per heavy atom. The maximum Gasteiger partial charge on any atom is 0.317 e. The van der Waals surface area contributed by atoms with E-state index in [1.807, 2.05) is 11.4 Å². The zero-order valence-corrected chi connectivity index (χ0v) is 10.1. The Balaban J connectivity index is 2.61. The largest absolute Gasteiger partial charge is 0.384 e. The van der Waals surface area contributed by atoms with E-state index in [4.69, 9.17) is 5.11 Å². The van der Waals surface area contributed by atoms with Crippen molar-refractivity contribution in [3.8, 4) is 11.8 Å². The minimum absolute atomic E-state index is 0.114. The number of carbonyl (C=O) groups excluding carboxylic acids is 1. The van der Waals surface area contributed by atoms with Crippen LogP contribution in [0.5, 0.6) is 0 Å². The lowest BCUT2D eigenvalue weighted by Crippen LogP contribution is -2.34. The first-order valence-corrected chi connectivity index (χ1v) is 5.65. The minimum Gasteiger partial charge on any atom is -0.384 e. The standard InChI is InChI=1S/C11H14N2O2S/c1-12-11(15)13(2)7-10-6-9(8-16-10)4-3-5-14/h6,8,14H,5,7H2,1-2H3,(H,12,15). The van der Waals surface area contributed by atoms with Crippen LogP contribution in [0.1, 0.15) is 10.4 Å². The monoisotopic (exact) mass is 238 g/mol. The van der Waals surface area contributed by atoms with Gasteiger partial charge in [-0.1, -0.05) is 11.8 Å². The van der Waals surface area contributed by atoms with Crippen LogP contribution in [-0.2, 0) is 6.54 Å². The van der Waals surface area contributed by atoms with Gasteiger partial charge in [0.15, 0.2) is 0 Å². The van der Waals surface area contributed by atoms with Crippen LogP contribution in [0.15, 0.2) is 11.4 Å². The molecule has 0 fully saturated rings. The molecule has 4 nitrogen and oxygen atoms in total. The first-order chi connectivity index (χ1) is 7.67. The molecule has 0 aliphatic carbocycles. The van der Waals surface area contributed by atoms with Gasteiger partial charge in [-0.15, -0.1) is 11.3 Å². The highest BCUT2D eigenvalue weighted by Crippen LogP contribution is 2.15. The predicted octanol–water partition coefficient (Wildman–Crippen LogP) is 0.863. The van der Waals surface area contributed by atoms with Gasteiger partial charge in [-0.25, -0.2) is 4.79 Å². The van der Waals surface area contributed by atoms with Crippen molar-refractivity contribution in [1.82, 2.24) is 10.2 Å². The number of nitrogens with one attached hydrogen (secondary N) is 1. The molecule has 2 N–H and O–H groups in total. The van der Waals surface area contributed by atoms with Gasteiger partial charge in [0.2, 0.25) is 0 Å². The predicted molar refractivity (Wildman–Crippen MR) is 64.2 cm³/mol. The van der Waals surface area contributed by atoms with Crippen LogP contribution in [0, 0.1) is 11.8 Å². The molecule has 0 aliphatic rings. The lowest BCUT2D eigenvalue weighted by atomic mass is 10.3. The normalized spacial score (nSPS) is 9.19. The first kappa shape index (κ1) is 12.6. The molecule has 1 aromatic rings. The number of urea groups is 1. The van der Waals surface area contributed by atoms with Crippen molar-refractivity contribution >= 4 is 17.4 Å². The van der Waals surface area contributed by atoms with E-state index in [1.165, 1.54) is 0 Å². The molecule has 0 bridgehead atoms. The molecule has 1 rings (SSSR count). The number of hydrogen-bond acceptors (Lipinski definition) is 3. The zero-order chi connectivity index (χ0) is 12.0. The Morgan fingerprint density at radius 2 is 2.44 bits per heavy atom. The highest BCUT2D eigenvalue weighted by molar-refractivity contribution is 7.10. The van der Waals surface area contributed by atoms with Crippen molar-refractivity contribution in [1.29, 1.82) is 0 Å². The Bertz CT molecular complexity index is 417. The zero-order valence-electron chi connectivity index (χ0n) is 9.28. The van der Waals surface area contributed by atoms with Crippen molar-refractivity contribution in [2.24, 2.45) is 0 Å². The Morgan fingerprint density at radius 1 is 1.69 bits per heavy atom. The average Bonchev–Trinajstić information content (AvgIpc) is 2.72. The van der Waals surface area contributed by atoms with Gasteiger partial charge in [0.05, 0.1) is 6.54 Å². The second-order valence-electron chi connectivity index (χ2n) is 3.17. The van der Waals surface area contributed by atoms with Crippen LogP contribution >= 0.6 is 11.3 Å². The van der Waals surface area contributed by atoms with E-state index < -0.39 is 0 Å². The van der Waals surface area contributed by atoms with E-state index >= 15 is 0 Å². The smallest absolute Gasteiger partial charge is 0.317 e. The Kier molecular flexibility index (Phi) is 4.83. The molecule has 5 heteroatoms. The van der Waals surface area contributed by atoms with Crippen molar-refractivity contribution in [2.75, 3.05) is 20.7 Å². The van der Waals surface area contributed by atoms with Gasteiger partial charge in [-0.3, -0.25) is 0 Å². The Hall–Kier alpha value is -1.51. The summed E-state index contributed by atoms with van der Waals surface area (Å²) in [5.74, 6) is 5.41. The third-order valence-corrected chi connectivity index (χ3v) is 2.84. The lowest BCUT2D eigenvalue weighted by Gasteiger charge is -2.14. The van der Waals surface area contributed by atoms with Crippen LogP contribution in [0.4, 0.5) is 4.79 Å².